The molecule has 0 aliphatic heterocycles. The number of ether oxygens (including phenoxy) is 1. The topological polar surface area (TPSA) is 38.3 Å². The molecule has 0 unspecified atom stereocenters. The zero-order valence-electron chi connectivity index (χ0n) is 11.3. The standard InChI is InChI=1S/C14H12BrF2NO2S/c1-7-10(15)3-8(21-7)6-18-13-4-9(14(19)20-2)11(16)5-12(13)17/h3-5,18H,6H2,1-2H3. The molecular formula is C14H12BrF2NO2S. The summed E-state index contributed by atoms with van der Waals surface area (Å²) in [6.07, 6.45) is 0. The van der Waals surface area contributed by atoms with Crippen LogP contribution in [0.15, 0.2) is 22.7 Å². The summed E-state index contributed by atoms with van der Waals surface area (Å²) < 4.78 is 32.7. The van der Waals surface area contributed by atoms with Gasteiger partial charge in [-0.05, 0) is 35.0 Å². The summed E-state index contributed by atoms with van der Waals surface area (Å²) in [7, 11) is 1.14. The molecule has 112 valence electrons. The zero-order chi connectivity index (χ0) is 15.6. The van der Waals surface area contributed by atoms with Crippen LogP contribution in [0.3, 0.4) is 0 Å². The van der Waals surface area contributed by atoms with Crippen molar-refractivity contribution in [1.29, 1.82) is 0 Å². The molecule has 0 bridgehead atoms. The van der Waals surface area contributed by atoms with Gasteiger partial charge in [-0.2, -0.15) is 0 Å². The van der Waals surface area contributed by atoms with Gasteiger partial charge in [0.2, 0.25) is 0 Å². The lowest BCUT2D eigenvalue weighted by atomic mass is 10.1. The van der Waals surface area contributed by atoms with Crippen LogP contribution in [0.1, 0.15) is 20.1 Å². The predicted octanol–water partition coefficient (Wildman–Crippen LogP) is 4.50. The van der Waals surface area contributed by atoms with Crippen LogP contribution in [0.25, 0.3) is 0 Å². The maximum absolute atomic E-state index is 13.7. The first-order valence-electron chi connectivity index (χ1n) is 5.98. The number of aryl methyl sites for hydroxylation is 1. The molecule has 7 heteroatoms. The van der Waals surface area contributed by atoms with E-state index in [2.05, 4.69) is 26.0 Å². The van der Waals surface area contributed by atoms with Crippen LogP contribution >= 0.6 is 27.3 Å². The monoisotopic (exact) mass is 375 g/mol. The third-order valence-electron chi connectivity index (χ3n) is 2.82. The molecule has 0 aliphatic carbocycles. The van der Waals surface area contributed by atoms with Gasteiger partial charge in [0.25, 0.3) is 0 Å². The summed E-state index contributed by atoms with van der Waals surface area (Å²) in [5, 5.41) is 2.86. The fourth-order valence-electron chi connectivity index (χ4n) is 1.74. The highest BCUT2D eigenvalue weighted by atomic mass is 79.9. The molecular weight excluding hydrogens is 364 g/mol. The Balaban J connectivity index is 2.21. The molecule has 0 radical (unpaired) electrons. The van der Waals surface area contributed by atoms with E-state index in [1.807, 2.05) is 13.0 Å². The highest BCUT2D eigenvalue weighted by molar-refractivity contribution is 9.10. The summed E-state index contributed by atoms with van der Waals surface area (Å²) in [4.78, 5) is 13.5. The van der Waals surface area contributed by atoms with Crippen molar-refractivity contribution in [2.24, 2.45) is 0 Å². The molecule has 2 rings (SSSR count). The van der Waals surface area contributed by atoms with E-state index < -0.39 is 17.6 Å². The van der Waals surface area contributed by atoms with Crippen molar-refractivity contribution < 1.29 is 18.3 Å². The smallest absolute Gasteiger partial charge is 0.340 e. The average molecular weight is 376 g/mol. The van der Waals surface area contributed by atoms with Crippen LogP contribution in [0.4, 0.5) is 14.5 Å². The third-order valence-corrected chi connectivity index (χ3v) is 4.96. The second-order valence-electron chi connectivity index (χ2n) is 4.27. The highest BCUT2D eigenvalue weighted by Gasteiger charge is 2.16. The minimum absolute atomic E-state index is 0.0546. The number of hydrogen-bond donors (Lipinski definition) is 1. The molecule has 0 amide bonds. The Kier molecular flexibility index (Phi) is 4.95. The molecule has 0 spiro atoms. The Morgan fingerprint density at radius 2 is 2.05 bits per heavy atom. The molecule has 0 saturated carbocycles. The van der Waals surface area contributed by atoms with Gasteiger partial charge in [0.1, 0.15) is 11.6 Å². The van der Waals surface area contributed by atoms with Crippen molar-refractivity contribution >= 4 is 38.9 Å². The summed E-state index contributed by atoms with van der Waals surface area (Å²) in [6.45, 7) is 2.34. The van der Waals surface area contributed by atoms with Crippen molar-refractivity contribution in [3.63, 3.8) is 0 Å². The Bertz CT molecular complexity index is 668. The van der Waals surface area contributed by atoms with Crippen molar-refractivity contribution in [2.45, 2.75) is 13.5 Å². The molecule has 1 heterocycles. The van der Waals surface area contributed by atoms with Gasteiger partial charge in [0, 0.05) is 26.8 Å². The maximum atomic E-state index is 13.7. The summed E-state index contributed by atoms with van der Waals surface area (Å²) in [6, 6.07) is 3.71. The number of thiophene rings is 1. The second-order valence-corrected chi connectivity index (χ2v) is 6.47. The molecule has 0 fully saturated rings. The Hall–Kier alpha value is -1.47. The van der Waals surface area contributed by atoms with Gasteiger partial charge in [0.05, 0.1) is 18.4 Å². The number of nitrogens with one attached hydrogen (secondary N) is 1. The highest BCUT2D eigenvalue weighted by Crippen LogP contribution is 2.27. The SMILES string of the molecule is COC(=O)c1cc(NCc2cc(Br)c(C)s2)c(F)cc1F. The first-order chi connectivity index (χ1) is 9.92. The Labute approximate surface area is 133 Å². The number of carbonyl (C=O) groups is 1. The lowest BCUT2D eigenvalue weighted by molar-refractivity contribution is 0.0595. The van der Waals surface area contributed by atoms with E-state index in [0.29, 0.717) is 12.6 Å². The van der Waals surface area contributed by atoms with Crippen molar-refractivity contribution in [3.8, 4) is 0 Å². The van der Waals surface area contributed by atoms with Gasteiger partial charge < -0.3 is 10.1 Å². The van der Waals surface area contributed by atoms with E-state index in [9.17, 15) is 13.6 Å². The molecule has 0 aliphatic rings. The molecule has 2 aromatic rings. The second kappa shape index (κ2) is 6.53. The van der Waals surface area contributed by atoms with Crippen LogP contribution < -0.4 is 5.32 Å². The van der Waals surface area contributed by atoms with Crippen LogP contribution in [0.2, 0.25) is 0 Å². The van der Waals surface area contributed by atoms with Crippen LogP contribution in [0.5, 0.6) is 0 Å². The number of carbonyl (C=O) groups excluding carboxylic acids is 1. The molecule has 0 saturated heterocycles. The normalized spacial score (nSPS) is 10.5. The van der Waals surface area contributed by atoms with Gasteiger partial charge in [-0.25, -0.2) is 13.6 Å². The summed E-state index contributed by atoms with van der Waals surface area (Å²) in [5.41, 5.74) is -0.246. The molecule has 3 nitrogen and oxygen atoms in total. The lowest BCUT2D eigenvalue weighted by Crippen LogP contribution is -2.08. The van der Waals surface area contributed by atoms with Gasteiger partial charge in [-0.15, -0.1) is 11.3 Å². The average Bonchev–Trinajstić information content (AvgIpc) is 2.76. The van der Waals surface area contributed by atoms with Crippen LogP contribution in [-0.2, 0) is 11.3 Å². The van der Waals surface area contributed by atoms with Crippen LogP contribution in [-0.4, -0.2) is 13.1 Å². The summed E-state index contributed by atoms with van der Waals surface area (Å²) in [5.74, 6) is -2.54. The maximum Gasteiger partial charge on any atom is 0.340 e. The van der Waals surface area contributed by atoms with E-state index in [4.69, 9.17) is 0 Å². The predicted molar refractivity (Wildman–Crippen MR) is 81.8 cm³/mol. The number of esters is 1. The van der Waals surface area contributed by atoms with E-state index in [-0.39, 0.29) is 11.3 Å². The quantitative estimate of drug-likeness (QED) is 0.799. The molecule has 0 atom stereocenters. The molecule has 21 heavy (non-hydrogen) atoms. The zero-order valence-corrected chi connectivity index (χ0v) is 13.7. The minimum Gasteiger partial charge on any atom is -0.465 e. The minimum atomic E-state index is -0.945. The van der Waals surface area contributed by atoms with Gasteiger partial charge >= 0.3 is 5.97 Å². The van der Waals surface area contributed by atoms with Gasteiger partial charge in [-0.3, -0.25) is 0 Å². The Morgan fingerprint density at radius 3 is 2.62 bits per heavy atom. The molecule has 1 aromatic heterocycles. The molecule has 1 aromatic carbocycles. The lowest BCUT2D eigenvalue weighted by Gasteiger charge is -2.09. The first kappa shape index (κ1) is 15.9. The van der Waals surface area contributed by atoms with Crippen LogP contribution in [0, 0.1) is 18.6 Å². The van der Waals surface area contributed by atoms with E-state index in [1.165, 1.54) is 0 Å². The van der Waals surface area contributed by atoms with Crippen molar-refractivity contribution in [3.05, 3.63) is 49.6 Å². The number of anilines is 1. The number of methoxy groups -OCH3 is 1. The fraction of sp³-hybridized carbons (Fsp3) is 0.214. The van der Waals surface area contributed by atoms with E-state index in [1.54, 1.807) is 11.3 Å². The van der Waals surface area contributed by atoms with Gasteiger partial charge in [-0.1, -0.05) is 0 Å². The van der Waals surface area contributed by atoms with Gasteiger partial charge in [0.15, 0.2) is 0 Å². The van der Waals surface area contributed by atoms with Crippen molar-refractivity contribution in [2.75, 3.05) is 12.4 Å². The number of benzene rings is 1. The van der Waals surface area contributed by atoms with Crippen molar-refractivity contribution in [1.82, 2.24) is 0 Å². The fourth-order valence-corrected chi connectivity index (χ4v) is 3.28. The molecule has 1 N–H and O–H groups in total. The number of hydrogen-bond acceptors (Lipinski definition) is 4. The summed E-state index contributed by atoms with van der Waals surface area (Å²) >= 11 is 4.96. The first-order valence-corrected chi connectivity index (χ1v) is 7.59. The van der Waals surface area contributed by atoms with E-state index >= 15 is 0 Å². The number of halogens is 3. The third kappa shape index (κ3) is 3.59. The largest absolute Gasteiger partial charge is 0.465 e. The van der Waals surface area contributed by atoms with E-state index in [0.717, 1.165) is 27.4 Å². The number of rotatable bonds is 4. The Morgan fingerprint density at radius 1 is 1.33 bits per heavy atom.